The number of benzene rings is 2. The lowest BCUT2D eigenvalue weighted by atomic mass is 9.94. The van der Waals surface area contributed by atoms with E-state index in [4.69, 9.17) is 9.47 Å². The number of cyclic esters (lactones) is 1. The van der Waals surface area contributed by atoms with E-state index < -0.39 is 64.2 Å². The largest absolute Gasteiger partial charge is 0.433 e. The Labute approximate surface area is 250 Å². The fourth-order valence-corrected chi connectivity index (χ4v) is 7.39. The van der Waals surface area contributed by atoms with Crippen LogP contribution in [0.15, 0.2) is 65.6 Å². The van der Waals surface area contributed by atoms with Crippen LogP contribution in [0, 0.1) is 0 Å². The van der Waals surface area contributed by atoms with Gasteiger partial charge in [-0.1, -0.05) is 49.2 Å². The topological polar surface area (TPSA) is 151 Å². The van der Waals surface area contributed by atoms with E-state index in [2.05, 4.69) is 10.6 Å². The summed E-state index contributed by atoms with van der Waals surface area (Å²) in [5, 5.41) is 5.62. The highest BCUT2D eigenvalue weighted by Crippen LogP contribution is 2.29. The molecule has 3 heterocycles. The SMILES string of the molecule is CCOC1OC(=O)CC1NC(=O)[C@@H]1CN(S(=O)(=O)c2ccccc2)C[C@@H]2CCCC[C@H](NC(=O)c3ccccc3)C(=O)N21. The Morgan fingerprint density at radius 2 is 1.63 bits per heavy atom. The van der Waals surface area contributed by atoms with Gasteiger partial charge in [-0.15, -0.1) is 0 Å². The van der Waals surface area contributed by atoms with Gasteiger partial charge in [-0.05, 0) is 44.0 Å². The summed E-state index contributed by atoms with van der Waals surface area (Å²) in [6, 6.07) is 12.9. The molecular formula is C30H36N4O8S. The second-order valence-electron chi connectivity index (χ2n) is 10.9. The number of fused-ring (bicyclic) bond motifs is 1. The predicted molar refractivity (Wildman–Crippen MR) is 154 cm³/mol. The first-order chi connectivity index (χ1) is 20.7. The van der Waals surface area contributed by atoms with Gasteiger partial charge in [0.15, 0.2) is 0 Å². The Balaban J connectivity index is 1.45. The van der Waals surface area contributed by atoms with E-state index in [1.54, 1.807) is 55.5 Å². The van der Waals surface area contributed by atoms with Crippen LogP contribution >= 0.6 is 0 Å². The number of piperazine rings is 1. The third-order valence-corrected chi connectivity index (χ3v) is 9.84. The van der Waals surface area contributed by atoms with Gasteiger partial charge in [0, 0.05) is 31.3 Å². The van der Waals surface area contributed by atoms with Gasteiger partial charge in [-0.3, -0.25) is 19.2 Å². The Hall–Kier alpha value is -3.81. The number of ether oxygens (including phenoxy) is 2. The Kier molecular flexibility index (Phi) is 9.43. The highest BCUT2D eigenvalue weighted by molar-refractivity contribution is 7.89. The van der Waals surface area contributed by atoms with E-state index in [0.29, 0.717) is 31.2 Å². The van der Waals surface area contributed by atoms with Gasteiger partial charge in [0.1, 0.15) is 18.1 Å². The minimum absolute atomic E-state index is 0.00129. The average molecular weight is 613 g/mol. The molecule has 0 spiro atoms. The molecule has 43 heavy (non-hydrogen) atoms. The molecule has 2 aromatic rings. The minimum atomic E-state index is -4.00. The molecule has 2 aromatic carbocycles. The molecule has 230 valence electrons. The fraction of sp³-hybridized carbons (Fsp3) is 0.467. The van der Waals surface area contributed by atoms with Crippen LogP contribution in [0.2, 0.25) is 0 Å². The summed E-state index contributed by atoms with van der Waals surface area (Å²) in [6.07, 6.45) is 1.03. The lowest BCUT2D eigenvalue weighted by Gasteiger charge is -2.47. The third-order valence-electron chi connectivity index (χ3n) is 8.00. The van der Waals surface area contributed by atoms with Crippen LogP contribution in [0.3, 0.4) is 0 Å². The van der Waals surface area contributed by atoms with E-state index in [-0.39, 0.29) is 31.0 Å². The summed E-state index contributed by atoms with van der Waals surface area (Å²) in [6.45, 7) is 1.67. The molecule has 5 rings (SSSR count). The van der Waals surface area contributed by atoms with Crippen molar-refractivity contribution in [3.63, 3.8) is 0 Å². The molecule has 2 unspecified atom stereocenters. The first-order valence-electron chi connectivity index (χ1n) is 14.5. The van der Waals surface area contributed by atoms with Crippen LogP contribution in [0.5, 0.6) is 0 Å². The number of nitrogens with zero attached hydrogens (tertiary/aromatic N) is 2. The molecule has 0 bridgehead atoms. The molecule has 3 saturated heterocycles. The van der Waals surface area contributed by atoms with Gasteiger partial charge in [0.05, 0.1) is 11.3 Å². The zero-order valence-electron chi connectivity index (χ0n) is 23.9. The minimum Gasteiger partial charge on any atom is -0.433 e. The van der Waals surface area contributed by atoms with E-state index in [1.807, 2.05) is 0 Å². The molecule has 5 atom stereocenters. The summed E-state index contributed by atoms with van der Waals surface area (Å²) in [4.78, 5) is 54.7. The molecule has 3 aliphatic heterocycles. The van der Waals surface area contributed by atoms with Crippen molar-refractivity contribution in [3.8, 4) is 0 Å². The number of rotatable bonds is 8. The summed E-state index contributed by atoms with van der Waals surface area (Å²) >= 11 is 0. The molecule has 2 N–H and O–H groups in total. The van der Waals surface area contributed by atoms with Gasteiger partial charge >= 0.3 is 5.97 Å². The van der Waals surface area contributed by atoms with Crippen LogP contribution in [-0.4, -0.2) is 91.5 Å². The number of amides is 3. The lowest BCUT2D eigenvalue weighted by Crippen LogP contribution is -2.69. The maximum atomic E-state index is 14.2. The maximum Gasteiger partial charge on any atom is 0.310 e. The molecule has 3 fully saturated rings. The molecule has 12 nitrogen and oxygen atoms in total. The van der Waals surface area contributed by atoms with Gasteiger partial charge in [-0.2, -0.15) is 4.31 Å². The molecule has 0 aliphatic carbocycles. The van der Waals surface area contributed by atoms with Crippen LogP contribution in [0.25, 0.3) is 0 Å². The number of nitrogens with one attached hydrogen (secondary N) is 2. The van der Waals surface area contributed by atoms with Crippen LogP contribution in [-0.2, 0) is 33.9 Å². The van der Waals surface area contributed by atoms with Gasteiger partial charge in [0.2, 0.25) is 28.1 Å². The first kappa shape index (κ1) is 30.6. The second-order valence-corrected chi connectivity index (χ2v) is 12.8. The number of hydrogen-bond donors (Lipinski definition) is 2. The third kappa shape index (κ3) is 6.73. The number of sulfonamides is 1. The van der Waals surface area contributed by atoms with Crippen molar-refractivity contribution in [3.05, 3.63) is 66.2 Å². The Morgan fingerprint density at radius 3 is 2.33 bits per heavy atom. The molecule has 0 saturated carbocycles. The van der Waals surface area contributed by atoms with Crippen molar-refractivity contribution >= 4 is 33.7 Å². The van der Waals surface area contributed by atoms with E-state index in [1.165, 1.54) is 21.3 Å². The van der Waals surface area contributed by atoms with E-state index in [0.717, 1.165) is 0 Å². The van der Waals surface area contributed by atoms with Crippen molar-refractivity contribution in [1.29, 1.82) is 0 Å². The normalized spacial score (nSPS) is 26.5. The van der Waals surface area contributed by atoms with Crippen molar-refractivity contribution in [2.24, 2.45) is 0 Å². The molecule has 3 amide bonds. The maximum absolute atomic E-state index is 14.2. The summed E-state index contributed by atoms with van der Waals surface area (Å²) < 4.78 is 39.3. The zero-order valence-corrected chi connectivity index (χ0v) is 24.7. The van der Waals surface area contributed by atoms with Gasteiger partial charge in [-0.25, -0.2) is 8.42 Å². The van der Waals surface area contributed by atoms with Crippen molar-refractivity contribution in [2.45, 2.75) is 74.4 Å². The highest BCUT2D eigenvalue weighted by atomic mass is 32.2. The standard InChI is InChI=1S/C30H36N4O8S/c1-2-41-30-24(17-26(35)42-30)32-28(37)25-19-33(43(39,40)22-14-7-4-8-15-22)18-21-13-9-10-16-23(29(38)34(21)25)31-27(36)20-11-5-3-6-12-20/h3-8,11-12,14-15,21,23-25,30H,2,9-10,13,16-19H2,1H3,(H,31,36)(H,32,37)/t21-,23-,24?,25-,30?/m0/s1. The monoisotopic (exact) mass is 612 g/mol. The number of carbonyl (C=O) groups excluding carboxylic acids is 4. The summed E-state index contributed by atoms with van der Waals surface area (Å²) in [7, 11) is -4.00. The number of hydrogen-bond acceptors (Lipinski definition) is 8. The van der Waals surface area contributed by atoms with Gasteiger partial charge < -0.3 is 25.0 Å². The lowest BCUT2D eigenvalue weighted by molar-refractivity contribution is -0.165. The summed E-state index contributed by atoms with van der Waals surface area (Å²) in [5.41, 5.74) is 0.398. The predicted octanol–water partition coefficient (Wildman–Crippen LogP) is 1.42. The van der Waals surface area contributed by atoms with Crippen molar-refractivity contribution in [2.75, 3.05) is 19.7 Å². The molecular weight excluding hydrogens is 576 g/mol. The number of carbonyl (C=O) groups is 4. The van der Waals surface area contributed by atoms with Crippen LogP contribution < -0.4 is 10.6 Å². The van der Waals surface area contributed by atoms with Crippen molar-refractivity contribution < 1.29 is 37.1 Å². The molecule has 0 radical (unpaired) electrons. The second kappa shape index (κ2) is 13.2. The summed E-state index contributed by atoms with van der Waals surface area (Å²) in [5.74, 6) is -2.04. The number of esters is 1. The highest BCUT2D eigenvalue weighted by Gasteiger charge is 2.48. The zero-order chi connectivity index (χ0) is 30.6. The van der Waals surface area contributed by atoms with E-state index >= 15 is 0 Å². The van der Waals surface area contributed by atoms with E-state index in [9.17, 15) is 27.6 Å². The smallest absolute Gasteiger partial charge is 0.310 e. The first-order valence-corrected chi connectivity index (χ1v) is 16.0. The molecule has 3 aliphatic rings. The Bertz CT molecular complexity index is 1440. The van der Waals surface area contributed by atoms with Gasteiger partial charge in [0.25, 0.3) is 5.91 Å². The fourth-order valence-electron chi connectivity index (χ4n) is 5.89. The molecule has 13 heteroatoms. The van der Waals surface area contributed by atoms with Crippen LogP contribution in [0.4, 0.5) is 0 Å². The average Bonchev–Trinajstić information content (AvgIpc) is 3.35. The van der Waals surface area contributed by atoms with Crippen molar-refractivity contribution in [1.82, 2.24) is 19.8 Å². The molecule has 0 aromatic heterocycles. The van der Waals surface area contributed by atoms with Crippen LogP contribution in [0.1, 0.15) is 49.4 Å². The quantitative estimate of drug-likeness (QED) is 0.425. The Morgan fingerprint density at radius 1 is 0.953 bits per heavy atom.